The molecule has 8 heavy (non-hydrogen) atoms. The van der Waals surface area contributed by atoms with Gasteiger partial charge in [0.15, 0.2) is 0 Å². The van der Waals surface area contributed by atoms with E-state index in [4.69, 9.17) is 4.79 Å². The maximum atomic E-state index is 9.00. The van der Waals surface area contributed by atoms with Gasteiger partial charge < -0.3 is 48.7 Å². The van der Waals surface area contributed by atoms with Crippen molar-refractivity contribution in [3.63, 3.8) is 0 Å². The molecule has 0 rings (SSSR count). The Labute approximate surface area is 98.2 Å². The maximum Gasteiger partial charge on any atom is 3.00 e. The fourth-order valence-corrected chi connectivity index (χ4v) is 0. The molecule has 53 valence electrons. The number of nitrogens with two attached hydrogens (primary N) is 2. The minimum Gasteiger partial charge on any atom is -1.00 e. The Morgan fingerprint density at radius 1 is 1.00 bits per heavy atom. The van der Waals surface area contributed by atoms with Crippen molar-refractivity contribution in [1.29, 1.82) is 0 Å². The Kier molecular flexibility index (Phi) is 101. The predicted molar refractivity (Wildman–Crippen MR) is 13.8 cm³/mol. The second-order valence-electron chi connectivity index (χ2n) is 0.402. The van der Waals surface area contributed by atoms with E-state index < -0.39 is 6.03 Å². The first-order chi connectivity index (χ1) is 1.73. The fraction of sp³-hybridized carbons (Fsp3) is 0. The quantitative estimate of drug-likeness (QED) is 0.457. The van der Waals surface area contributed by atoms with Gasteiger partial charge in [-0.1, -0.05) is 0 Å². The van der Waals surface area contributed by atoms with Gasteiger partial charge in [-0.2, -0.15) is 0 Å². The summed E-state index contributed by atoms with van der Waals surface area (Å²) in [6, 6.07) is -0.833. The molecule has 0 aromatic heterocycles. The van der Waals surface area contributed by atoms with Gasteiger partial charge in [-0.15, -0.1) is 0 Å². The average molecular weight is 324 g/mol. The predicted octanol–water partition coefficient (Wildman–Crippen LogP) is -9.96. The molecular formula is CH4Cl3GdN2O. The summed E-state index contributed by atoms with van der Waals surface area (Å²) < 4.78 is 0. The summed E-state index contributed by atoms with van der Waals surface area (Å²) in [5, 5.41) is 0. The molecule has 0 unspecified atom stereocenters. The molecule has 0 saturated heterocycles. The first-order valence-electron chi connectivity index (χ1n) is 0.781. The van der Waals surface area contributed by atoms with Crippen molar-refractivity contribution in [1.82, 2.24) is 0 Å². The van der Waals surface area contributed by atoms with E-state index in [1.807, 2.05) is 0 Å². The molecule has 0 aliphatic rings. The molecule has 0 aromatic rings. The third-order valence-electron chi connectivity index (χ3n) is 0. The van der Waals surface area contributed by atoms with E-state index in [9.17, 15) is 0 Å². The number of primary amides is 2. The third kappa shape index (κ3) is 145. The number of urea groups is 1. The summed E-state index contributed by atoms with van der Waals surface area (Å²) in [4.78, 5) is 9.00. The van der Waals surface area contributed by atoms with E-state index in [2.05, 4.69) is 11.5 Å². The summed E-state index contributed by atoms with van der Waals surface area (Å²) in [7, 11) is 0. The number of hydrogen-bond donors (Lipinski definition) is 2. The molecule has 0 atom stereocenters. The van der Waals surface area contributed by atoms with Crippen LogP contribution in [0.25, 0.3) is 0 Å². The van der Waals surface area contributed by atoms with Crippen LogP contribution in [0.1, 0.15) is 0 Å². The molecule has 1 radical (unpaired) electrons. The van der Waals surface area contributed by atoms with Gasteiger partial charge in [0.25, 0.3) is 0 Å². The van der Waals surface area contributed by atoms with E-state index in [1.165, 1.54) is 0 Å². The third-order valence-corrected chi connectivity index (χ3v) is 0. The van der Waals surface area contributed by atoms with Crippen LogP contribution >= 0.6 is 0 Å². The Bertz CT molecular complexity index is 40.3. The second kappa shape index (κ2) is 23.7. The van der Waals surface area contributed by atoms with Gasteiger partial charge in [0, 0.05) is 0 Å². The molecule has 0 aliphatic heterocycles. The Morgan fingerprint density at radius 3 is 1.00 bits per heavy atom. The van der Waals surface area contributed by atoms with Crippen LogP contribution < -0.4 is 48.7 Å². The maximum absolute atomic E-state index is 9.00. The molecule has 0 heterocycles. The normalized spacial score (nSPS) is 3.00. The zero-order valence-corrected chi connectivity index (χ0v) is 8.09. The van der Waals surface area contributed by atoms with Crippen LogP contribution in [-0.2, 0) is 0 Å². The second-order valence-corrected chi connectivity index (χ2v) is 0.402. The van der Waals surface area contributed by atoms with Gasteiger partial charge in [0.2, 0.25) is 0 Å². The van der Waals surface area contributed by atoms with Gasteiger partial charge in [-0.3, -0.25) is 0 Å². The van der Waals surface area contributed by atoms with Crippen LogP contribution in [0.15, 0.2) is 0 Å². The molecule has 0 aromatic carbocycles. The van der Waals surface area contributed by atoms with Crippen molar-refractivity contribution in [3.05, 3.63) is 0 Å². The van der Waals surface area contributed by atoms with E-state index in [0.717, 1.165) is 0 Å². The van der Waals surface area contributed by atoms with E-state index >= 15 is 0 Å². The molecule has 0 bridgehead atoms. The average Bonchev–Trinajstić information content (AvgIpc) is 0.811. The van der Waals surface area contributed by atoms with E-state index in [-0.39, 0.29) is 77.2 Å². The van der Waals surface area contributed by atoms with Crippen molar-refractivity contribution in [3.8, 4) is 0 Å². The summed E-state index contributed by atoms with van der Waals surface area (Å²) >= 11 is 0. The zero-order valence-electron chi connectivity index (χ0n) is 3.55. The summed E-state index contributed by atoms with van der Waals surface area (Å²) in [5.74, 6) is 0. The minimum absolute atomic E-state index is 0. The van der Waals surface area contributed by atoms with Crippen molar-refractivity contribution in [2.24, 2.45) is 11.5 Å². The van der Waals surface area contributed by atoms with E-state index in [0.29, 0.717) is 0 Å². The van der Waals surface area contributed by atoms with Gasteiger partial charge in [-0.05, 0) is 0 Å². The molecule has 7 heteroatoms. The molecule has 4 N–H and O–H groups in total. The van der Waals surface area contributed by atoms with Crippen LogP contribution in [0.3, 0.4) is 0 Å². The molecule has 0 saturated carbocycles. The SMILES string of the molecule is NC(N)=O.[Cl-].[Cl-].[Cl-].[Gd+3]. The van der Waals surface area contributed by atoms with Crippen molar-refractivity contribution < 1.29 is 82.0 Å². The van der Waals surface area contributed by atoms with E-state index in [1.54, 1.807) is 0 Å². The zero-order chi connectivity index (χ0) is 3.58. The van der Waals surface area contributed by atoms with Crippen LogP contribution in [0.4, 0.5) is 4.79 Å². The molecule has 3 nitrogen and oxygen atoms in total. The van der Waals surface area contributed by atoms with Crippen molar-refractivity contribution >= 4 is 6.03 Å². The molecular weight excluding hydrogens is 320 g/mol. The first kappa shape index (κ1) is 34.0. The number of halogens is 3. The van der Waals surface area contributed by atoms with Crippen LogP contribution in [0.2, 0.25) is 0 Å². The standard InChI is InChI=1S/CH4N2O.3ClH.Gd/c2-1(3)4;;;;/h(H4,2,3,4);3*1H;/q;;;;+3/p-3. The molecule has 2 amide bonds. The summed E-state index contributed by atoms with van der Waals surface area (Å²) in [6.45, 7) is 0. The Hall–Kier alpha value is 1.46. The number of carbonyl (C=O) groups is 1. The van der Waals surface area contributed by atoms with Crippen LogP contribution in [-0.4, -0.2) is 6.03 Å². The number of carbonyl (C=O) groups excluding carboxylic acids is 1. The van der Waals surface area contributed by atoms with Gasteiger partial charge >= 0.3 is 46.0 Å². The number of hydrogen-bond acceptors (Lipinski definition) is 1. The largest absolute Gasteiger partial charge is 3.00 e. The number of amides is 2. The molecule has 0 aliphatic carbocycles. The Balaban J connectivity index is -0.00000000750. The number of rotatable bonds is 0. The van der Waals surface area contributed by atoms with Gasteiger partial charge in [0.1, 0.15) is 0 Å². The van der Waals surface area contributed by atoms with Crippen LogP contribution in [0, 0.1) is 39.9 Å². The van der Waals surface area contributed by atoms with Crippen LogP contribution in [0.5, 0.6) is 0 Å². The smallest absolute Gasteiger partial charge is 1.00 e. The monoisotopic (exact) mass is 323 g/mol. The van der Waals surface area contributed by atoms with Gasteiger partial charge in [-0.25, -0.2) is 4.79 Å². The van der Waals surface area contributed by atoms with Crippen molar-refractivity contribution in [2.45, 2.75) is 0 Å². The molecule has 0 fully saturated rings. The van der Waals surface area contributed by atoms with Gasteiger partial charge in [0.05, 0.1) is 0 Å². The Morgan fingerprint density at radius 2 is 1.00 bits per heavy atom. The summed E-state index contributed by atoms with van der Waals surface area (Å²) in [6.07, 6.45) is 0. The summed E-state index contributed by atoms with van der Waals surface area (Å²) in [5.41, 5.74) is 8.50. The topological polar surface area (TPSA) is 69.1 Å². The molecule has 0 spiro atoms. The van der Waals surface area contributed by atoms with Crippen molar-refractivity contribution in [2.75, 3.05) is 0 Å². The minimum atomic E-state index is -0.833. The fourth-order valence-electron chi connectivity index (χ4n) is 0. The first-order valence-corrected chi connectivity index (χ1v) is 0.781.